The molecule has 0 saturated carbocycles. The molecule has 1 aromatic carbocycles. The maximum absolute atomic E-state index is 13.2. The molecule has 3 aromatic rings. The molecule has 2 N–H and O–H groups in total. The molecule has 0 aliphatic heterocycles. The quantitative estimate of drug-likeness (QED) is 0.642. The second kappa shape index (κ2) is 8.58. The molecule has 0 amide bonds. The zero-order valence-corrected chi connectivity index (χ0v) is 15.2. The van der Waals surface area contributed by atoms with E-state index in [-0.39, 0.29) is 5.82 Å². The van der Waals surface area contributed by atoms with Crippen molar-refractivity contribution in [1.82, 2.24) is 20.1 Å². The zero-order chi connectivity index (χ0) is 18.4. The summed E-state index contributed by atoms with van der Waals surface area (Å²) < 4.78 is 13.2. The van der Waals surface area contributed by atoms with Crippen LogP contribution in [0.3, 0.4) is 0 Å². The monoisotopic (exact) mass is 353 g/mol. The summed E-state index contributed by atoms with van der Waals surface area (Å²) in [6, 6.07) is 10.4. The highest BCUT2D eigenvalue weighted by atomic mass is 19.1. The standard InChI is InChI=1S/C20H24FN5/c1-3-26(4-2)12-11-23-19-13-16(9-10-22-19)18-14-24-25-20(18)15-5-7-17(21)8-6-15/h5-10,13-14H,3-4,11-12H2,1-2H3,(H,22,23)(H,24,25). The highest BCUT2D eigenvalue weighted by Gasteiger charge is 2.11. The van der Waals surface area contributed by atoms with Gasteiger partial charge in [-0.15, -0.1) is 0 Å². The number of nitrogens with one attached hydrogen (secondary N) is 2. The number of likely N-dealkylation sites (N-methyl/N-ethyl adjacent to an activating group) is 1. The SMILES string of the molecule is CCN(CC)CCNc1cc(-c2cn[nH]c2-c2ccc(F)cc2)ccn1. The van der Waals surface area contributed by atoms with E-state index in [2.05, 4.69) is 39.2 Å². The molecule has 0 saturated heterocycles. The number of benzene rings is 1. The van der Waals surface area contributed by atoms with Crippen molar-refractivity contribution in [2.24, 2.45) is 0 Å². The van der Waals surface area contributed by atoms with Gasteiger partial charge in [0.15, 0.2) is 0 Å². The summed E-state index contributed by atoms with van der Waals surface area (Å²) in [6.07, 6.45) is 3.57. The van der Waals surface area contributed by atoms with E-state index in [1.165, 1.54) is 12.1 Å². The number of hydrogen-bond donors (Lipinski definition) is 2. The summed E-state index contributed by atoms with van der Waals surface area (Å²) in [7, 11) is 0. The Kier molecular flexibility index (Phi) is 5.96. The van der Waals surface area contributed by atoms with Gasteiger partial charge in [0.1, 0.15) is 11.6 Å². The highest BCUT2D eigenvalue weighted by molar-refractivity contribution is 5.81. The lowest BCUT2D eigenvalue weighted by Gasteiger charge is -2.18. The van der Waals surface area contributed by atoms with Gasteiger partial charge < -0.3 is 10.2 Å². The molecule has 5 nitrogen and oxygen atoms in total. The highest BCUT2D eigenvalue weighted by Crippen LogP contribution is 2.30. The van der Waals surface area contributed by atoms with Crippen LogP contribution in [0.2, 0.25) is 0 Å². The van der Waals surface area contributed by atoms with E-state index in [0.717, 1.165) is 54.4 Å². The van der Waals surface area contributed by atoms with Crippen molar-refractivity contribution in [3.05, 3.63) is 54.6 Å². The number of anilines is 1. The zero-order valence-electron chi connectivity index (χ0n) is 15.2. The van der Waals surface area contributed by atoms with Gasteiger partial charge in [0, 0.05) is 30.4 Å². The van der Waals surface area contributed by atoms with E-state index in [9.17, 15) is 4.39 Å². The summed E-state index contributed by atoms with van der Waals surface area (Å²) in [5.74, 6) is 0.583. The Morgan fingerprint density at radius 2 is 1.85 bits per heavy atom. The van der Waals surface area contributed by atoms with Crippen LogP contribution in [0.1, 0.15) is 13.8 Å². The number of aromatic nitrogens is 3. The fourth-order valence-electron chi connectivity index (χ4n) is 2.92. The molecular weight excluding hydrogens is 329 g/mol. The average Bonchev–Trinajstić information content (AvgIpc) is 3.16. The Balaban J connectivity index is 1.77. The third-order valence-corrected chi connectivity index (χ3v) is 4.47. The van der Waals surface area contributed by atoms with Crippen LogP contribution in [0.5, 0.6) is 0 Å². The van der Waals surface area contributed by atoms with Crippen LogP contribution in [0, 0.1) is 5.82 Å². The molecule has 0 radical (unpaired) electrons. The smallest absolute Gasteiger partial charge is 0.126 e. The third-order valence-electron chi connectivity index (χ3n) is 4.47. The fraction of sp³-hybridized carbons (Fsp3) is 0.300. The van der Waals surface area contributed by atoms with Crippen LogP contribution in [-0.2, 0) is 0 Å². The van der Waals surface area contributed by atoms with Gasteiger partial charge in [-0.25, -0.2) is 9.37 Å². The number of H-pyrrole nitrogens is 1. The van der Waals surface area contributed by atoms with Crippen LogP contribution >= 0.6 is 0 Å². The maximum atomic E-state index is 13.2. The molecule has 2 aromatic heterocycles. The summed E-state index contributed by atoms with van der Waals surface area (Å²) in [5.41, 5.74) is 3.74. The molecule has 26 heavy (non-hydrogen) atoms. The summed E-state index contributed by atoms with van der Waals surface area (Å²) >= 11 is 0. The van der Waals surface area contributed by atoms with E-state index in [1.54, 1.807) is 24.5 Å². The van der Waals surface area contributed by atoms with Gasteiger partial charge >= 0.3 is 0 Å². The first-order chi connectivity index (χ1) is 12.7. The van der Waals surface area contributed by atoms with Crippen molar-refractivity contribution < 1.29 is 4.39 Å². The molecule has 0 aliphatic rings. The minimum atomic E-state index is -0.251. The molecule has 0 aliphatic carbocycles. The van der Waals surface area contributed by atoms with Crippen LogP contribution < -0.4 is 5.32 Å². The molecule has 0 spiro atoms. The van der Waals surface area contributed by atoms with Crippen LogP contribution in [0.15, 0.2) is 48.8 Å². The second-order valence-corrected chi connectivity index (χ2v) is 6.05. The molecule has 3 rings (SSSR count). The lowest BCUT2D eigenvalue weighted by Crippen LogP contribution is -2.28. The van der Waals surface area contributed by atoms with Gasteiger partial charge in [-0.2, -0.15) is 5.10 Å². The van der Waals surface area contributed by atoms with Gasteiger partial charge in [0.2, 0.25) is 0 Å². The van der Waals surface area contributed by atoms with Crippen molar-refractivity contribution in [1.29, 1.82) is 0 Å². The lowest BCUT2D eigenvalue weighted by atomic mass is 10.0. The molecular formula is C20H24FN5. The predicted octanol–water partition coefficient (Wildman–Crippen LogP) is 4.03. The minimum absolute atomic E-state index is 0.251. The molecule has 136 valence electrons. The van der Waals surface area contributed by atoms with E-state index < -0.39 is 0 Å². The van der Waals surface area contributed by atoms with E-state index >= 15 is 0 Å². The van der Waals surface area contributed by atoms with Crippen LogP contribution in [0.25, 0.3) is 22.4 Å². The Hall–Kier alpha value is -2.73. The summed E-state index contributed by atoms with van der Waals surface area (Å²) in [5, 5.41) is 10.6. The Morgan fingerprint density at radius 3 is 2.58 bits per heavy atom. The number of rotatable bonds is 8. The van der Waals surface area contributed by atoms with Crippen molar-refractivity contribution in [2.45, 2.75) is 13.8 Å². The van der Waals surface area contributed by atoms with E-state index in [0.29, 0.717) is 0 Å². The van der Waals surface area contributed by atoms with Crippen molar-refractivity contribution in [3.8, 4) is 22.4 Å². The Labute approximate surface area is 153 Å². The minimum Gasteiger partial charge on any atom is -0.369 e. The largest absolute Gasteiger partial charge is 0.369 e. The first-order valence-electron chi connectivity index (χ1n) is 8.93. The van der Waals surface area contributed by atoms with Gasteiger partial charge in [0.05, 0.1) is 11.9 Å². The van der Waals surface area contributed by atoms with E-state index in [4.69, 9.17) is 0 Å². The summed E-state index contributed by atoms with van der Waals surface area (Å²) in [6.45, 7) is 8.24. The maximum Gasteiger partial charge on any atom is 0.126 e. The Morgan fingerprint density at radius 1 is 1.08 bits per heavy atom. The average molecular weight is 353 g/mol. The van der Waals surface area contributed by atoms with Crippen molar-refractivity contribution in [2.75, 3.05) is 31.5 Å². The number of hydrogen-bond acceptors (Lipinski definition) is 4. The van der Waals surface area contributed by atoms with Crippen molar-refractivity contribution >= 4 is 5.82 Å². The van der Waals surface area contributed by atoms with Gasteiger partial charge in [-0.3, -0.25) is 5.10 Å². The van der Waals surface area contributed by atoms with Gasteiger partial charge in [-0.05, 0) is 55.1 Å². The molecule has 2 heterocycles. The van der Waals surface area contributed by atoms with Crippen LogP contribution in [-0.4, -0.2) is 46.3 Å². The lowest BCUT2D eigenvalue weighted by molar-refractivity contribution is 0.316. The molecule has 6 heteroatoms. The Bertz CT molecular complexity index is 824. The normalized spacial score (nSPS) is 11.1. The fourth-order valence-corrected chi connectivity index (χ4v) is 2.92. The number of halogens is 1. The van der Waals surface area contributed by atoms with Gasteiger partial charge in [-0.1, -0.05) is 13.8 Å². The predicted molar refractivity (Wildman–Crippen MR) is 103 cm³/mol. The molecule has 0 bridgehead atoms. The van der Waals surface area contributed by atoms with Gasteiger partial charge in [0.25, 0.3) is 0 Å². The topological polar surface area (TPSA) is 56.8 Å². The first kappa shape index (κ1) is 18.1. The van der Waals surface area contributed by atoms with E-state index in [1.807, 2.05) is 12.1 Å². The third kappa shape index (κ3) is 4.26. The summed E-state index contributed by atoms with van der Waals surface area (Å²) in [4.78, 5) is 6.76. The van der Waals surface area contributed by atoms with Crippen molar-refractivity contribution in [3.63, 3.8) is 0 Å². The molecule has 0 unspecified atom stereocenters. The second-order valence-electron chi connectivity index (χ2n) is 6.05. The first-order valence-corrected chi connectivity index (χ1v) is 8.93. The number of pyridine rings is 1. The van der Waals surface area contributed by atoms with Crippen LogP contribution in [0.4, 0.5) is 10.2 Å². The molecule has 0 fully saturated rings. The number of nitrogens with zero attached hydrogens (tertiary/aromatic N) is 3. The number of aromatic amines is 1. The molecule has 0 atom stereocenters.